The first-order valence-electron chi connectivity index (χ1n) is 5.78. The molecular formula is C12H15NO6S. The zero-order valence-corrected chi connectivity index (χ0v) is 11.9. The third-order valence-electron chi connectivity index (χ3n) is 2.78. The van der Waals surface area contributed by atoms with E-state index in [0.717, 1.165) is 0 Å². The van der Waals surface area contributed by atoms with E-state index in [4.69, 9.17) is 0 Å². The molecule has 0 N–H and O–H groups in total. The van der Waals surface area contributed by atoms with E-state index in [-0.39, 0.29) is 17.9 Å². The molecule has 0 radical (unpaired) electrons. The van der Waals surface area contributed by atoms with E-state index in [1.54, 1.807) is 0 Å². The van der Waals surface area contributed by atoms with Crippen LogP contribution in [-0.2, 0) is 25.1 Å². The zero-order chi connectivity index (χ0) is 15.3. The number of benzene rings is 1. The summed E-state index contributed by atoms with van der Waals surface area (Å²) in [5, 5.41) is 9.72. The Kier molecular flexibility index (Phi) is 5.20. The molecule has 7 nitrogen and oxygen atoms in total. The van der Waals surface area contributed by atoms with E-state index < -0.39 is 26.0 Å². The van der Waals surface area contributed by atoms with Gasteiger partial charge in [0.1, 0.15) is 0 Å². The number of rotatable bonds is 6. The highest BCUT2D eigenvalue weighted by atomic mass is 32.2. The molecule has 8 heteroatoms. The molecule has 1 aromatic carbocycles. The van der Waals surface area contributed by atoms with Crippen LogP contribution in [0.3, 0.4) is 0 Å². The van der Waals surface area contributed by atoms with Crippen molar-refractivity contribution >= 4 is 21.5 Å². The Balaban J connectivity index is 2.88. The summed E-state index contributed by atoms with van der Waals surface area (Å²) in [5.74, 6) is -0.965. The molecule has 1 atom stereocenters. The zero-order valence-electron chi connectivity index (χ0n) is 11.1. The first-order valence-corrected chi connectivity index (χ1v) is 7.49. The molecule has 0 amide bonds. The molecule has 0 saturated heterocycles. The normalized spacial score (nSPS) is 12.7. The predicted molar refractivity (Wildman–Crippen MR) is 71.8 cm³/mol. The van der Waals surface area contributed by atoms with Gasteiger partial charge in [-0.2, -0.15) is 0 Å². The van der Waals surface area contributed by atoms with Crippen LogP contribution in [0, 0.1) is 10.1 Å². The molecule has 0 saturated carbocycles. The van der Waals surface area contributed by atoms with Crippen LogP contribution in [0.15, 0.2) is 24.3 Å². The lowest BCUT2D eigenvalue weighted by Crippen LogP contribution is -2.23. The minimum absolute atomic E-state index is 0.168. The number of hydrogen-bond acceptors (Lipinski definition) is 6. The van der Waals surface area contributed by atoms with Gasteiger partial charge in [-0.05, 0) is 12.5 Å². The third kappa shape index (κ3) is 4.30. The number of nitro groups is 1. The number of ether oxygens (including phenoxy) is 1. The molecule has 0 aliphatic carbocycles. The van der Waals surface area contributed by atoms with Crippen molar-refractivity contribution < 1.29 is 22.9 Å². The maximum Gasteiger partial charge on any atom is 0.306 e. The number of carbonyl (C=O) groups is 1. The third-order valence-corrected chi connectivity index (χ3v) is 4.91. The maximum atomic E-state index is 12.1. The number of nitro benzene ring substituents is 1. The Morgan fingerprint density at radius 1 is 1.45 bits per heavy atom. The van der Waals surface area contributed by atoms with E-state index in [0.29, 0.717) is 5.56 Å². The van der Waals surface area contributed by atoms with Crippen LogP contribution in [0.2, 0.25) is 0 Å². The van der Waals surface area contributed by atoms with Gasteiger partial charge in [-0.15, -0.1) is 0 Å². The molecule has 1 unspecified atom stereocenters. The number of methoxy groups -OCH3 is 1. The van der Waals surface area contributed by atoms with Gasteiger partial charge in [0.15, 0.2) is 9.84 Å². The molecule has 1 aromatic rings. The summed E-state index contributed by atoms with van der Waals surface area (Å²) < 4.78 is 28.5. The van der Waals surface area contributed by atoms with Crippen LogP contribution in [0.5, 0.6) is 0 Å². The summed E-state index contributed by atoms with van der Waals surface area (Å²) in [6.07, 6.45) is -0.242. The maximum absolute atomic E-state index is 12.1. The minimum atomic E-state index is -3.58. The lowest BCUT2D eigenvalue weighted by atomic mass is 10.2. The SMILES string of the molecule is COC(=O)CC(C)S(=O)(=O)Cc1cccc([N+](=O)[O-])c1. The first kappa shape index (κ1) is 16.1. The monoisotopic (exact) mass is 301 g/mol. The van der Waals surface area contributed by atoms with Crippen LogP contribution in [-0.4, -0.2) is 31.7 Å². The van der Waals surface area contributed by atoms with Gasteiger partial charge in [-0.25, -0.2) is 8.42 Å². The van der Waals surface area contributed by atoms with Gasteiger partial charge in [-0.1, -0.05) is 12.1 Å². The second kappa shape index (κ2) is 6.47. The Bertz CT molecular complexity index is 610. The largest absolute Gasteiger partial charge is 0.469 e. The summed E-state index contributed by atoms with van der Waals surface area (Å²) in [4.78, 5) is 21.1. The van der Waals surface area contributed by atoms with Crippen molar-refractivity contribution in [3.8, 4) is 0 Å². The van der Waals surface area contributed by atoms with Crippen LogP contribution >= 0.6 is 0 Å². The fraction of sp³-hybridized carbons (Fsp3) is 0.417. The Morgan fingerprint density at radius 2 is 2.10 bits per heavy atom. The highest BCUT2D eigenvalue weighted by Crippen LogP contribution is 2.18. The summed E-state index contributed by atoms with van der Waals surface area (Å²) in [6.45, 7) is 1.41. The lowest BCUT2D eigenvalue weighted by Gasteiger charge is -2.11. The van der Waals surface area contributed by atoms with E-state index in [9.17, 15) is 23.3 Å². The van der Waals surface area contributed by atoms with Crippen molar-refractivity contribution in [2.75, 3.05) is 7.11 Å². The number of hydrogen-bond donors (Lipinski definition) is 0. The fourth-order valence-corrected chi connectivity index (χ4v) is 2.90. The van der Waals surface area contributed by atoms with Gasteiger partial charge >= 0.3 is 5.97 Å². The molecule has 0 aliphatic rings. The highest BCUT2D eigenvalue weighted by molar-refractivity contribution is 7.91. The second-order valence-corrected chi connectivity index (χ2v) is 6.74. The van der Waals surface area contributed by atoms with Crippen molar-refractivity contribution in [3.05, 3.63) is 39.9 Å². The average Bonchev–Trinajstić information content (AvgIpc) is 2.38. The quantitative estimate of drug-likeness (QED) is 0.447. The van der Waals surface area contributed by atoms with Crippen LogP contribution in [0.25, 0.3) is 0 Å². The summed E-state index contributed by atoms with van der Waals surface area (Å²) in [6, 6.07) is 5.42. The average molecular weight is 301 g/mol. The first-order chi connectivity index (χ1) is 9.26. The molecule has 110 valence electrons. The number of sulfone groups is 1. The lowest BCUT2D eigenvalue weighted by molar-refractivity contribution is -0.384. The van der Waals surface area contributed by atoms with Crippen LogP contribution < -0.4 is 0 Å². The molecule has 0 bridgehead atoms. The van der Waals surface area contributed by atoms with Gasteiger partial charge in [0.2, 0.25) is 0 Å². The topological polar surface area (TPSA) is 104 Å². The van der Waals surface area contributed by atoms with Gasteiger partial charge in [0.05, 0.1) is 29.5 Å². The molecule has 0 fully saturated rings. The second-order valence-electron chi connectivity index (χ2n) is 4.33. The van der Waals surface area contributed by atoms with Gasteiger partial charge in [0.25, 0.3) is 5.69 Å². The Hall–Kier alpha value is -1.96. The summed E-state index contributed by atoms with van der Waals surface area (Å²) in [5.41, 5.74) is 0.147. The number of carbonyl (C=O) groups excluding carboxylic acids is 1. The van der Waals surface area contributed by atoms with Crippen molar-refractivity contribution in [2.24, 2.45) is 0 Å². The standard InChI is InChI=1S/C12H15NO6S/c1-9(6-12(14)19-2)20(17,18)8-10-4-3-5-11(7-10)13(15)16/h3-5,7,9H,6,8H2,1-2H3. The van der Waals surface area contributed by atoms with E-state index in [2.05, 4.69) is 4.74 Å². The van der Waals surface area contributed by atoms with Gasteiger partial charge < -0.3 is 4.74 Å². The van der Waals surface area contributed by atoms with E-state index in [1.807, 2.05) is 0 Å². The van der Waals surface area contributed by atoms with E-state index in [1.165, 1.54) is 38.3 Å². The van der Waals surface area contributed by atoms with Gasteiger partial charge in [0, 0.05) is 12.1 Å². The van der Waals surface area contributed by atoms with E-state index >= 15 is 0 Å². The summed E-state index contributed by atoms with van der Waals surface area (Å²) >= 11 is 0. The van der Waals surface area contributed by atoms with Crippen molar-refractivity contribution in [3.63, 3.8) is 0 Å². The van der Waals surface area contributed by atoms with Crippen LogP contribution in [0.4, 0.5) is 5.69 Å². The molecule has 0 spiro atoms. The van der Waals surface area contributed by atoms with Crippen molar-refractivity contribution in [2.45, 2.75) is 24.3 Å². The van der Waals surface area contributed by atoms with Crippen LogP contribution in [0.1, 0.15) is 18.9 Å². The molecule has 0 heterocycles. The van der Waals surface area contributed by atoms with Gasteiger partial charge in [-0.3, -0.25) is 14.9 Å². The predicted octanol–water partition coefficient (Wildman–Crippen LogP) is 1.46. The Morgan fingerprint density at radius 3 is 2.65 bits per heavy atom. The number of esters is 1. The Labute approximate surface area is 116 Å². The van der Waals surface area contributed by atoms with Crippen molar-refractivity contribution in [1.29, 1.82) is 0 Å². The minimum Gasteiger partial charge on any atom is -0.469 e. The smallest absolute Gasteiger partial charge is 0.306 e. The molecule has 0 aliphatic heterocycles. The molecule has 1 rings (SSSR count). The molecular weight excluding hydrogens is 286 g/mol. The molecule has 20 heavy (non-hydrogen) atoms. The number of nitrogens with zero attached hydrogens (tertiary/aromatic N) is 1. The van der Waals surface area contributed by atoms with Crippen molar-refractivity contribution in [1.82, 2.24) is 0 Å². The summed E-state index contributed by atoms with van der Waals surface area (Å²) in [7, 11) is -2.40. The fourth-order valence-electron chi connectivity index (χ4n) is 1.58. The highest BCUT2D eigenvalue weighted by Gasteiger charge is 2.24. The molecule has 0 aromatic heterocycles. The number of non-ortho nitro benzene ring substituents is 1.